The molecule has 2 aromatic carbocycles. The molecule has 0 bridgehead atoms. The van der Waals surface area contributed by atoms with Gasteiger partial charge in [-0.1, -0.05) is 36.0 Å². The third kappa shape index (κ3) is 3.13. The van der Waals surface area contributed by atoms with Gasteiger partial charge < -0.3 is 5.32 Å². The lowest BCUT2D eigenvalue weighted by Gasteiger charge is -2.07. The van der Waals surface area contributed by atoms with Crippen molar-refractivity contribution in [2.75, 3.05) is 11.1 Å². The summed E-state index contributed by atoms with van der Waals surface area (Å²) in [4.78, 5) is 12.2. The van der Waals surface area contributed by atoms with E-state index >= 15 is 0 Å². The van der Waals surface area contributed by atoms with Crippen LogP contribution in [0.15, 0.2) is 59.8 Å². The zero-order valence-corrected chi connectivity index (χ0v) is 14.8. The van der Waals surface area contributed by atoms with Gasteiger partial charge in [0.2, 0.25) is 5.91 Å². The summed E-state index contributed by atoms with van der Waals surface area (Å²) in [7, 11) is 0. The highest BCUT2D eigenvalue weighted by molar-refractivity contribution is 7.99. The fourth-order valence-corrected chi connectivity index (χ4v) is 3.61. The number of carbonyl (C=O) groups excluding carboxylic acids is 1. The van der Waals surface area contributed by atoms with E-state index < -0.39 is 0 Å². The number of aryl methyl sites for hydroxylation is 1. The molecule has 0 aliphatic rings. The summed E-state index contributed by atoms with van der Waals surface area (Å²) in [6.07, 6.45) is 0. The zero-order chi connectivity index (χ0) is 18.1. The number of rotatable bonds is 4. The first-order valence-electron chi connectivity index (χ1n) is 8.03. The van der Waals surface area contributed by atoms with Crippen molar-refractivity contribution in [1.82, 2.24) is 14.6 Å². The predicted octanol–water partition coefficient (Wildman–Crippen LogP) is 4.06. The second-order valence-electron chi connectivity index (χ2n) is 5.87. The van der Waals surface area contributed by atoms with E-state index in [2.05, 4.69) is 21.6 Å². The van der Waals surface area contributed by atoms with E-state index in [0.717, 1.165) is 22.1 Å². The molecule has 1 amide bonds. The van der Waals surface area contributed by atoms with Crippen LogP contribution in [0.5, 0.6) is 0 Å². The largest absolute Gasteiger partial charge is 0.325 e. The molecule has 26 heavy (non-hydrogen) atoms. The topological polar surface area (TPSA) is 59.3 Å². The molecule has 7 heteroatoms. The van der Waals surface area contributed by atoms with Gasteiger partial charge >= 0.3 is 0 Å². The molecule has 0 saturated carbocycles. The minimum absolute atomic E-state index is 0.152. The van der Waals surface area contributed by atoms with E-state index in [1.165, 1.54) is 23.9 Å². The van der Waals surface area contributed by atoms with Crippen molar-refractivity contribution in [2.45, 2.75) is 12.1 Å². The molecule has 5 nitrogen and oxygen atoms in total. The van der Waals surface area contributed by atoms with E-state index in [9.17, 15) is 9.18 Å². The maximum Gasteiger partial charge on any atom is 0.234 e. The molecule has 0 unspecified atom stereocenters. The third-order valence-electron chi connectivity index (χ3n) is 4.01. The van der Waals surface area contributed by atoms with Crippen molar-refractivity contribution in [3.63, 3.8) is 0 Å². The van der Waals surface area contributed by atoms with Gasteiger partial charge in [0.1, 0.15) is 5.82 Å². The van der Waals surface area contributed by atoms with Crippen LogP contribution >= 0.6 is 11.8 Å². The van der Waals surface area contributed by atoms with Crippen molar-refractivity contribution in [3.8, 4) is 0 Å². The first-order chi connectivity index (χ1) is 12.6. The molecule has 0 atom stereocenters. The van der Waals surface area contributed by atoms with Crippen LogP contribution in [0, 0.1) is 12.7 Å². The van der Waals surface area contributed by atoms with Crippen molar-refractivity contribution < 1.29 is 9.18 Å². The minimum Gasteiger partial charge on any atom is -0.325 e. The van der Waals surface area contributed by atoms with Gasteiger partial charge in [0.15, 0.2) is 10.8 Å². The van der Waals surface area contributed by atoms with Crippen molar-refractivity contribution in [2.24, 2.45) is 0 Å². The molecule has 4 aromatic rings. The SMILES string of the molecule is Cc1cc2nnc(SCC(=O)Nc3cccc(F)c3)n2c2ccccc12. The lowest BCUT2D eigenvalue weighted by Crippen LogP contribution is -2.14. The summed E-state index contributed by atoms with van der Waals surface area (Å²) in [5, 5.41) is 12.9. The number of hydrogen-bond donors (Lipinski definition) is 1. The Bertz CT molecular complexity index is 1130. The van der Waals surface area contributed by atoms with Gasteiger partial charge in [0.25, 0.3) is 0 Å². The highest BCUT2D eigenvalue weighted by Gasteiger charge is 2.13. The normalized spacial score (nSPS) is 11.2. The summed E-state index contributed by atoms with van der Waals surface area (Å²) >= 11 is 1.29. The van der Waals surface area contributed by atoms with Gasteiger partial charge in [0.05, 0.1) is 11.3 Å². The highest BCUT2D eigenvalue weighted by atomic mass is 32.2. The zero-order valence-electron chi connectivity index (χ0n) is 13.9. The van der Waals surface area contributed by atoms with Crippen molar-refractivity contribution >= 4 is 39.9 Å². The molecule has 1 N–H and O–H groups in total. The number of nitrogens with one attached hydrogen (secondary N) is 1. The monoisotopic (exact) mass is 366 g/mol. The molecule has 2 aromatic heterocycles. The molecule has 0 saturated heterocycles. The lowest BCUT2D eigenvalue weighted by molar-refractivity contribution is -0.113. The van der Waals surface area contributed by atoms with Gasteiger partial charge in [-0.25, -0.2) is 4.39 Å². The molecule has 130 valence electrons. The Kier molecular flexibility index (Phi) is 4.30. The first-order valence-corrected chi connectivity index (χ1v) is 9.02. The second-order valence-corrected chi connectivity index (χ2v) is 6.81. The standard InChI is InChI=1S/C19H15FN4OS/c1-12-9-17-22-23-19(24(17)16-8-3-2-7-15(12)16)26-11-18(25)21-14-6-4-5-13(20)10-14/h2-10H,11H2,1H3,(H,21,25). The summed E-state index contributed by atoms with van der Waals surface area (Å²) < 4.78 is 15.2. The molecule has 0 fully saturated rings. The average molecular weight is 366 g/mol. The average Bonchev–Trinajstić information content (AvgIpc) is 3.03. The first kappa shape index (κ1) is 16.5. The number of aromatic nitrogens is 3. The number of amides is 1. The van der Waals surface area contributed by atoms with Gasteiger partial charge in [0, 0.05) is 11.1 Å². The Hall–Kier alpha value is -2.93. The third-order valence-corrected chi connectivity index (χ3v) is 4.94. The number of carbonyl (C=O) groups is 1. The van der Waals surface area contributed by atoms with Crippen molar-refractivity contribution in [3.05, 3.63) is 66.0 Å². The number of pyridine rings is 1. The maximum absolute atomic E-state index is 13.2. The fourth-order valence-electron chi connectivity index (χ4n) is 2.86. The lowest BCUT2D eigenvalue weighted by atomic mass is 10.1. The Labute approximate surface area is 153 Å². The van der Waals surface area contributed by atoms with Crippen LogP contribution in [0.3, 0.4) is 0 Å². The van der Waals surface area contributed by atoms with E-state index in [-0.39, 0.29) is 17.5 Å². The van der Waals surface area contributed by atoms with Gasteiger partial charge in [-0.2, -0.15) is 0 Å². The van der Waals surface area contributed by atoms with Crippen LogP contribution in [0.2, 0.25) is 0 Å². The minimum atomic E-state index is -0.388. The van der Waals surface area contributed by atoms with E-state index in [1.54, 1.807) is 12.1 Å². The fraction of sp³-hybridized carbons (Fsp3) is 0.105. The summed E-state index contributed by atoms with van der Waals surface area (Å²) in [5.41, 5.74) is 3.30. The Balaban J connectivity index is 1.58. The number of hydrogen-bond acceptors (Lipinski definition) is 4. The molecule has 2 heterocycles. The Morgan fingerprint density at radius 1 is 1.15 bits per heavy atom. The summed E-state index contributed by atoms with van der Waals surface area (Å²) in [5.74, 6) is -0.464. The quantitative estimate of drug-likeness (QED) is 0.553. The number of thioether (sulfide) groups is 1. The van der Waals surface area contributed by atoms with Gasteiger partial charge in [-0.3, -0.25) is 9.20 Å². The number of nitrogens with zero attached hydrogens (tertiary/aromatic N) is 3. The number of halogens is 1. The van der Waals surface area contributed by atoms with Gasteiger partial charge in [-0.15, -0.1) is 10.2 Å². The number of para-hydroxylation sites is 1. The molecular weight excluding hydrogens is 351 g/mol. The van der Waals surface area contributed by atoms with Crippen LogP contribution in [-0.2, 0) is 4.79 Å². The summed E-state index contributed by atoms with van der Waals surface area (Å²) in [6.45, 7) is 2.04. The number of anilines is 1. The molecule has 4 rings (SSSR count). The van der Waals surface area contributed by atoms with E-state index in [1.807, 2.05) is 35.6 Å². The molecule has 0 radical (unpaired) electrons. The Morgan fingerprint density at radius 3 is 2.85 bits per heavy atom. The van der Waals surface area contributed by atoms with Crippen LogP contribution in [0.25, 0.3) is 16.6 Å². The van der Waals surface area contributed by atoms with Crippen LogP contribution < -0.4 is 5.32 Å². The van der Waals surface area contributed by atoms with Gasteiger partial charge in [-0.05, 0) is 42.8 Å². The summed E-state index contributed by atoms with van der Waals surface area (Å²) in [6, 6.07) is 15.8. The maximum atomic E-state index is 13.2. The number of fused-ring (bicyclic) bond motifs is 3. The van der Waals surface area contributed by atoms with Crippen LogP contribution in [0.1, 0.15) is 5.56 Å². The van der Waals surface area contributed by atoms with Crippen molar-refractivity contribution in [1.29, 1.82) is 0 Å². The molecule has 0 aliphatic heterocycles. The number of benzene rings is 2. The second kappa shape index (κ2) is 6.76. The smallest absolute Gasteiger partial charge is 0.234 e. The predicted molar refractivity (Wildman–Crippen MR) is 101 cm³/mol. The van der Waals surface area contributed by atoms with Crippen LogP contribution in [0.4, 0.5) is 10.1 Å². The molecule has 0 aliphatic carbocycles. The van der Waals surface area contributed by atoms with Crippen LogP contribution in [-0.4, -0.2) is 26.3 Å². The molecular formula is C19H15FN4OS. The Morgan fingerprint density at radius 2 is 2.00 bits per heavy atom. The van der Waals surface area contributed by atoms with E-state index in [4.69, 9.17) is 0 Å². The van der Waals surface area contributed by atoms with E-state index in [0.29, 0.717) is 10.8 Å². The molecule has 0 spiro atoms. The highest BCUT2D eigenvalue weighted by Crippen LogP contribution is 2.25.